The van der Waals surface area contributed by atoms with E-state index in [4.69, 9.17) is 9.26 Å². The molecule has 0 spiro atoms. The number of carbonyl (C=O) groups is 1. The molecule has 2 unspecified atom stereocenters. The predicted molar refractivity (Wildman–Crippen MR) is 97.8 cm³/mol. The van der Waals surface area contributed by atoms with Gasteiger partial charge in [0, 0.05) is 18.7 Å². The number of pyridine rings is 1. The first kappa shape index (κ1) is 17.6. The van der Waals surface area contributed by atoms with Crippen molar-refractivity contribution in [1.82, 2.24) is 15.0 Å². The summed E-state index contributed by atoms with van der Waals surface area (Å²) in [6.45, 7) is 6.62. The Morgan fingerprint density at radius 3 is 2.63 bits per heavy atom. The van der Waals surface area contributed by atoms with Crippen molar-refractivity contribution in [3.63, 3.8) is 0 Å². The SMILES string of the molecule is Cc1noc2nc(-c3ccccc3F)cc(C(=O)N3CC(C)OC(C)C3)c12. The quantitative estimate of drug-likeness (QED) is 0.691. The van der Waals surface area contributed by atoms with Crippen LogP contribution in [0.5, 0.6) is 0 Å². The minimum atomic E-state index is -0.410. The molecule has 27 heavy (non-hydrogen) atoms. The van der Waals surface area contributed by atoms with Crippen molar-refractivity contribution in [3.8, 4) is 11.3 Å². The number of aromatic nitrogens is 2. The summed E-state index contributed by atoms with van der Waals surface area (Å²) in [7, 11) is 0. The van der Waals surface area contributed by atoms with Gasteiger partial charge in [0.25, 0.3) is 11.6 Å². The summed E-state index contributed by atoms with van der Waals surface area (Å²) < 4.78 is 25.3. The van der Waals surface area contributed by atoms with Gasteiger partial charge < -0.3 is 14.2 Å². The second kappa shape index (κ2) is 6.74. The van der Waals surface area contributed by atoms with Crippen molar-refractivity contribution in [2.45, 2.75) is 33.0 Å². The van der Waals surface area contributed by atoms with E-state index in [1.807, 2.05) is 13.8 Å². The van der Waals surface area contributed by atoms with Gasteiger partial charge in [-0.3, -0.25) is 4.79 Å². The fourth-order valence-electron chi connectivity index (χ4n) is 3.58. The van der Waals surface area contributed by atoms with Crippen LogP contribution in [0.15, 0.2) is 34.9 Å². The third-order valence-corrected chi connectivity index (χ3v) is 4.70. The van der Waals surface area contributed by atoms with Gasteiger partial charge in [-0.05, 0) is 39.0 Å². The van der Waals surface area contributed by atoms with Crippen molar-refractivity contribution in [1.29, 1.82) is 0 Å². The zero-order valence-corrected chi connectivity index (χ0v) is 15.4. The predicted octanol–water partition coefficient (Wildman–Crippen LogP) is 3.59. The largest absolute Gasteiger partial charge is 0.372 e. The van der Waals surface area contributed by atoms with Crippen LogP contribution in [0, 0.1) is 12.7 Å². The number of hydrogen-bond acceptors (Lipinski definition) is 5. The molecule has 1 saturated heterocycles. The van der Waals surface area contributed by atoms with E-state index in [-0.39, 0.29) is 23.8 Å². The Labute approximate surface area is 155 Å². The lowest BCUT2D eigenvalue weighted by atomic mass is 10.0. The molecule has 2 atom stereocenters. The number of benzene rings is 1. The summed E-state index contributed by atoms with van der Waals surface area (Å²) in [4.78, 5) is 19.4. The van der Waals surface area contributed by atoms with E-state index in [1.54, 1.807) is 36.1 Å². The fraction of sp³-hybridized carbons (Fsp3) is 0.350. The van der Waals surface area contributed by atoms with Gasteiger partial charge in [0.15, 0.2) is 0 Å². The standard InChI is InChI=1S/C20H20FN3O3/c1-11-9-24(10-12(2)26-11)20(25)15-8-17(14-6-4-5-7-16(14)21)22-19-18(15)13(3)23-27-19/h4-8,11-12H,9-10H2,1-3H3. The van der Waals surface area contributed by atoms with Crippen molar-refractivity contribution in [2.75, 3.05) is 13.1 Å². The monoisotopic (exact) mass is 369 g/mol. The number of ether oxygens (including phenoxy) is 1. The zero-order valence-electron chi connectivity index (χ0n) is 15.4. The summed E-state index contributed by atoms with van der Waals surface area (Å²) in [6, 6.07) is 7.94. The molecular formula is C20H20FN3O3. The molecule has 3 aromatic rings. The molecule has 1 amide bonds. The topological polar surface area (TPSA) is 68.5 Å². The highest BCUT2D eigenvalue weighted by Crippen LogP contribution is 2.29. The molecule has 140 valence electrons. The van der Waals surface area contributed by atoms with Crippen LogP contribution in [0.25, 0.3) is 22.4 Å². The van der Waals surface area contributed by atoms with Gasteiger partial charge in [-0.15, -0.1) is 0 Å². The molecule has 4 rings (SSSR count). The van der Waals surface area contributed by atoms with Crippen LogP contribution in [0.2, 0.25) is 0 Å². The van der Waals surface area contributed by atoms with Crippen LogP contribution >= 0.6 is 0 Å². The molecular weight excluding hydrogens is 349 g/mol. The summed E-state index contributed by atoms with van der Waals surface area (Å²) >= 11 is 0. The van der Waals surface area contributed by atoms with E-state index in [0.29, 0.717) is 41.0 Å². The van der Waals surface area contributed by atoms with Gasteiger partial charge in [-0.1, -0.05) is 17.3 Å². The smallest absolute Gasteiger partial charge is 0.259 e. The second-order valence-corrected chi connectivity index (χ2v) is 6.95. The van der Waals surface area contributed by atoms with Gasteiger partial charge in [-0.25, -0.2) is 9.37 Å². The number of carbonyl (C=O) groups excluding carboxylic acids is 1. The maximum Gasteiger partial charge on any atom is 0.259 e. The van der Waals surface area contributed by atoms with Gasteiger partial charge in [0.1, 0.15) is 5.82 Å². The summed E-state index contributed by atoms with van der Waals surface area (Å²) in [5.74, 6) is -0.569. The minimum Gasteiger partial charge on any atom is -0.372 e. The summed E-state index contributed by atoms with van der Waals surface area (Å²) in [5, 5.41) is 4.51. The Bertz CT molecular complexity index is 1010. The average Bonchev–Trinajstić information content (AvgIpc) is 3.01. The van der Waals surface area contributed by atoms with E-state index in [0.717, 1.165) is 0 Å². The third-order valence-electron chi connectivity index (χ3n) is 4.70. The van der Waals surface area contributed by atoms with Crippen LogP contribution in [-0.4, -0.2) is 46.2 Å². The Hall–Kier alpha value is -2.80. The normalized spacial score (nSPS) is 20.2. The molecule has 2 aromatic heterocycles. The first-order chi connectivity index (χ1) is 12.9. The highest BCUT2D eigenvalue weighted by molar-refractivity contribution is 6.07. The molecule has 1 fully saturated rings. The molecule has 1 aromatic carbocycles. The van der Waals surface area contributed by atoms with Gasteiger partial charge >= 0.3 is 0 Å². The van der Waals surface area contributed by atoms with Crippen LogP contribution in [0.4, 0.5) is 4.39 Å². The third kappa shape index (κ3) is 3.19. The second-order valence-electron chi connectivity index (χ2n) is 6.95. The molecule has 0 N–H and O–H groups in total. The molecule has 6 nitrogen and oxygen atoms in total. The highest BCUT2D eigenvalue weighted by atomic mass is 19.1. The number of amides is 1. The fourth-order valence-corrected chi connectivity index (χ4v) is 3.58. The lowest BCUT2D eigenvalue weighted by Crippen LogP contribution is -2.48. The molecule has 1 aliphatic heterocycles. The first-order valence-electron chi connectivity index (χ1n) is 8.90. The molecule has 0 radical (unpaired) electrons. The van der Waals surface area contributed by atoms with Gasteiger partial charge in [-0.2, -0.15) is 0 Å². The van der Waals surface area contributed by atoms with Crippen molar-refractivity contribution in [3.05, 3.63) is 47.4 Å². The van der Waals surface area contributed by atoms with Crippen molar-refractivity contribution >= 4 is 17.0 Å². The minimum absolute atomic E-state index is 0.0513. The van der Waals surface area contributed by atoms with Crippen LogP contribution in [-0.2, 0) is 4.74 Å². The maximum absolute atomic E-state index is 14.3. The number of nitrogens with zero attached hydrogens (tertiary/aromatic N) is 3. The Kier molecular flexibility index (Phi) is 4.39. The summed E-state index contributed by atoms with van der Waals surface area (Å²) in [6.07, 6.45) is -0.103. The molecule has 0 bridgehead atoms. The molecule has 7 heteroatoms. The number of hydrogen-bond donors (Lipinski definition) is 0. The van der Waals surface area contributed by atoms with Crippen LogP contribution < -0.4 is 0 Å². The lowest BCUT2D eigenvalue weighted by molar-refractivity contribution is -0.0585. The Balaban J connectivity index is 1.85. The van der Waals surface area contributed by atoms with E-state index in [2.05, 4.69) is 10.1 Å². The number of halogens is 1. The van der Waals surface area contributed by atoms with Crippen molar-refractivity contribution in [2.24, 2.45) is 0 Å². The number of morpholine rings is 1. The molecule has 0 aliphatic carbocycles. The molecule has 3 heterocycles. The van der Waals surface area contributed by atoms with E-state index < -0.39 is 5.82 Å². The van der Waals surface area contributed by atoms with Crippen LogP contribution in [0.3, 0.4) is 0 Å². The maximum atomic E-state index is 14.3. The highest BCUT2D eigenvalue weighted by Gasteiger charge is 2.29. The van der Waals surface area contributed by atoms with E-state index in [1.165, 1.54) is 6.07 Å². The number of fused-ring (bicyclic) bond motifs is 1. The Morgan fingerprint density at radius 1 is 1.22 bits per heavy atom. The zero-order chi connectivity index (χ0) is 19.1. The number of rotatable bonds is 2. The van der Waals surface area contributed by atoms with Crippen molar-refractivity contribution < 1.29 is 18.4 Å². The van der Waals surface area contributed by atoms with Gasteiger partial charge in [0.05, 0.1) is 34.5 Å². The van der Waals surface area contributed by atoms with Gasteiger partial charge in [0.2, 0.25) is 0 Å². The molecule has 1 aliphatic rings. The molecule has 0 saturated carbocycles. The Morgan fingerprint density at radius 2 is 1.93 bits per heavy atom. The number of aryl methyl sites for hydroxylation is 1. The first-order valence-corrected chi connectivity index (χ1v) is 8.90. The summed E-state index contributed by atoms with van der Waals surface area (Å²) in [5.41, 5.74) is 1.88. The lowest BCUT2D eigenvalue weighted by Gasteiger charge is -2.35. The van der Waals surface area contributed by atoms with E-state index >= 15 is 0 Å². The van der Waals surface area contributed by atoms with Crippen LogP contribution in [0.1, 0.15) is 29.9 Å². The van der Waals surface area contributed by atoms with E-state index in [9.17, 15) is 9.18 Å². The average molecular weight is 369 g/mol.